The Morgan fingerprint density at radius 3 is 2.62 bits per heavy atom. The summed E-state index contributed by atoms with van der Waals surface area (Å²) in [6.07, 6.45) is 0.620. The number of oxazole rings is 1. The van der Waals surface area contributed by atoms with Gasteiger partial charge in [-0.2, -0.15) is 0 Å². The Morgan fingerprint density at radius 2 is 1.85 bits per heavy atom. The smallest absolute Gasteiger partial charge is 0.297 e. The second-order valence-electron chi connectivity index (χ2n) is 9.33. The molecular formula is C29H25N5O5. The molecule has 0 saturated carbocycles. The zero-order chi connectivity index (χ0) is 27.3. The van der Waals surface area contributed by atoms with E-state index in [1.165, 1.54) is 4.57 Å². The van der Waals surface area contributed by atoms with Gasteiger partial charge < -0.3 is 24.9 Å². The largest absolute Gasteiger partial charge is 0.501 e. The zero-order valence-corrected chi connectivity index (χ0v) is 21.3. The number of nitrogens with two attached hydrogens (primary N) is 1. The molecule has 6 rings (SSSR count). The summed E-state index contributed by atoms with van der Waals surface area (Å²) in [4.78, 5) is 36.5. The average Bonchev–Trinajstić information content (AvgIpc) is 3.39. The van der Waals surface area contributed by atoms with Gasteiger partial charge in [0, 0.05) is 24.7 Å². The van der Waals surface area contributed by atoms with Gasteiger partial charge in [-0.25, -0.2) is 9.97 Å². The number of aromatic hydroxyl groups is 1. The number of carbonyl (C=O) groups excluding carboxylic acids is 1. The maximum Gasteiger partial charge on any atom is 0.297 e. The zero-order valence-electron chi connectivity index (χ0n) is 21.3. The van der Waals surface area contributed by atoms with Crippen LogP contribution in [0.5, 0.6) is 11.5 Å². The van der Waals surface area contributed by atoms with Gasteiger partial charge in [0.2, 0.25) is 17.6 Å². The number of ether oxygens (including phenoxy) is 1. The summed E-state index contributed by atoms with van der Waals surface area (Å²) >= 11 is 0. The van der Waals surface area contributed by atoms with Crippen molar-refractivity contribution in [2.75, 3.05) is 18.6 Å². The molecule has 0 spiro atoms. The lowest BCUT2D eigenvalue weighted by Crippen LogP contribution is -2.40. The van der Waals surface area contributed by atoms with Crippen molar-refractivity contribution < 1.29 is 19.1 Å². The fourth-order valence-electron chi connectivity index (χ4n) is 5.17. The molecule has 0 fully saturated rings. The Kier molecular flexibility index (Phi) is 5.79. The molecule has 2 aromatic heterocycles. The molecular weight excluding hydrogens is 498 g/mol. The first-order chi connectivity index (χ1) is 18.9. The van der Waals surface area contributed by atoms with Crippen molar-refractivity contribution >= 4 is 23.0 Å². The minimum Gasteiger partial charge on any atom is -0.501 e. The summed E-state index contributed by atoms with van der Waals surface area (Å²) in [6, 6.07) is 19.6. The molecule has 10 heteroatoms. The van der Waals surface area contributed by atoms with Gasteiger partial charge in [0.1, 0.15) is 11.3 Å². The van der Waals surface area contributed by atoms with Crippen LogP contribution in [0.3, 0.4) is 0 Å². The van der Waals surface area contributed by atoms with Crippen LogP contribution in [0.25, 0.3) is 22.7 Å². The molecule has 0 radical (unpaired) electrons. The van der Waals surface area contributed by atoms with Crippen molar-refractivity contribution in [3.05, 3.63) is 99.3 Å². The van der Waals surface area contributed by atoms with Gasteiger partial charge in [0.05, 0.1) is 13.2 Å². The van der Waals surface area contributed by atoms with Gasteiger partial charge in [0.25, 0.3) is 11.4 Å². The molecule has 0 bridgehead atoms. The third-order valence-corrected chi connectivity index (χ3v) is 7.09. The summed E-state index contributed by atoms with van der Waals surface area (Å²) in [5.41, 5.74) is 9.08. The number of anilines is 1. The molecule has 39 heavy (non-hydrogen) atoms. The number of hydrogen-bond acceptors (Lipinski definition) is 8. The standard InChI is InChI=1S/C29H25N5O5/c1-33-28(37)25(35)23(27-31-20-8-4-6-10-22(20)39-27)32-29(33)34-14-13-16-11-12-17(26(30)36)15-19(16)24(34)18-7-3-5-9-21(18)38-2/h3-12,15,24,35H,13-14H2,1-2H3,(H2,30,36)/t24-/m0/s1. The summed E-state index contributed by atoms with van der Waals surface area (Å²) < 4.78 is 12.8. The van der Waals surface area contributed by atoms with Crippen molar-refractivity contribution in [3.8, 4) is 23.1 Å². The second kappa shape index (κ2) is 9.32. The van der Waals surface area contributed by atoms with Crippen LogP contribution in [-0.4, -0.2) is 39.2 Å². The first-order valence-electron chi connectivity index (χ1n) is 12.4. The lowest BCUT2D eigenvalue weighted by atomic mass is 9.86. The van der Waals surface area contributed by atoms with Crippen LogP contribution in [0.1, 0.15) is 33.1 Å². The summed E-state index contributed by atoms with van der Waals surface area (Å²) in [5, 5.41) is 10.8. The Morgan fingerprint density at radius 1 is 1.08 bits per heavy atom. The highest BCUT2D eigenvalue weighted by Gasteiger charge is 2.35. The van der Waals surface area contributed by atoms with E-state index in [2.05, 4.69) is 4.98 Å². The van der Waals surface area contributed by atoms with Gasteiger partial charge >= 0.3 is 0 Å². The SMILES string of the molecule is COc1ccccc1[C@H]1c2cc(C(N)=O)ccc2CCN1c1nc(-c2nc3ccccc3o2)c(O)c(=O)n1C. The second-order valence-corrected chi connectivity index (χ2v) is 9.33. The predicted molar refractivity (Wildman–Crippen MR) is 145 cm³/mol. The van der Waals surface area contributed by atoms with Crippen LogP contribution in [0.2, 0.25) is 0 Å². The monoisotopic (exact) mass is 523 g/mol. The highest BCUT2D eigenvalue weighted by molar-refractivity contribution is 5.93. The number of primary amides is 1. The number of carbonyl (C=O) groups is 1. The highest BCUT2D eigenvalue weighted by Crippen LogP contribution is 2.42. The van der Waals surface area contributed by atoms with E-state index in [9.17, 15) is 14.7 Å². The summed E-state index contributed by atoms with van der Waals surface area (Å²) in [7, 11) is 3.14. The van der Waals surface area contributed by atoms with Crippen LogP contribution in [0, 0.1) is 0 Å². The number of para-hydroxylation sites is 3. The maximum absolute atomic E-state index is 13.3. The van der Waals surface area contributed by atoms with Gasteiger partial charge in [-0.1, -0.05) is 36.4 Å². The molecule has 1 amide bonds. The van der Waals surface area contributed by atoms with Crippen LogP contribution >= 0.6 is 0 Å². The van der Waals surface area contributed by atoms with Crippen molar-refractivity contribution in [1.82, 2.24) is 14.5 Å². The number of rotatable bonds is 5. The minimum absolute atomic E-state index is 0.0370. The van der Waals surface area contributed by atoms with Gasteiger partial charge in [-0.15, -0.1) is 0 Å². The first kappa shape index (κ1) is 24.2. The van der Waals surface area contributed by atoms with Crippen LogP contribution in [0.15, 0.2) is 75.9 Å². The van der Waals surface area contributed by atoms with E-state index in [1.54, 1.807) is 38.4 Å². The Labute approximate surface area is 222 Å². The first-order valence-corrected chi connectivity index (χ1v) is 12.4. The number of methoxy groups -OCH3 is 1. The molecule has 5 aromatic rings. The number of aromatic nitrogens is 3. The Balaban J connectivity index is 1.59. The normalized spacial score (nSPS) is 14.8. The molecule has 3 aromatic carbocycles. The molecule has 0 saturated heterocycles. The Hall–Kier alpha value is -5.12. The minimum atomic E-state index is -0.646. The molecule has 1 aliphatic heterocycles. The summed E-state index contributed by atoms with van der Waals surface area (Å²) in [6.45, 7) is 0.490. The molecule has 3 heterocycles. The van der Waals surface area contributed by atoms with Gasteiger partial charge in [-0.05, 0) is 47.9 Å². The fourth-order valence-corrected chi connectivity index (χ4v) is 5.17. The number of amides is 1. The molecule has 1 aliphatic rings. The third-order valence-electron chi connectivity index (χ3n) is 7.09. The van der Waals surface area contributed by atoms with Gasteiger partial charge in [-0.3, -0.25) is 14.2 Å². The van der Waals surface area contributed by atoms with E-state index in [-0.39, 0.29) is 11.6 Å². The number of benzene rings is 3. The lowest BCUT2D eigenvalue weighted by Gasteiger charge is -2.39. The molecule has 3 N–H and O–H groups in total. The van der Waals surface area contributed by atoms with E-state index >= 15 is 0 Å². The maximum atomic E-state index is 13.3. The quantitative estimate of drug-likeness (QED) is 0.357. The number of fused-ring (bicyclic) bond motifs is 2. The van der Waals surface area contributed by atoms with E-state index in [1.807, 2.05) is 47.4 Å². The molecule has 10 nitrogen and oxygen atoms in total. The molecule has 196 valence electrons. The lowest BCUT2D eigenvalue weighted by molar-refractivity contribution is 0.1000. The van der Waals surface area contributed by atoms with E-state index in [4.69, 9.17) is 19.9 Å². The van der Waals surface area contributed by atoms with E-state index < -0.39 is 23.3 Å². The average molecular weight is 524 g/mol. The predicted octanol–water partition coefficient (Wildman–Crippen LogP) is 3.55. The van der Waals surface area contributed by atoms with Crippen LogP contribution in [-0.2, 0) is 13.5 Å². The van der Waals surface area contributed by atoms with Crippen molar-refractivity contribution in [2.45, 2.75) is 12.5 Å². The third kappa shape index (κ3) is 3.97. The highest BCUT2D eigenvalue weighted by atomic mass is 16.5. The van der Waals surface area contributed by atoms with Crippen molar-refractivity contribution in [3.63, 3.8) is 0 Å². The molecule has 1 atom stereocenters. The fraction of sp³-hybridized carbons (Fsp3) is 0.172. The van der Waals surface area contributed by atoms with Crippen molar-refractivity contribution in [2.24, 2.45) is 12.8 Å². The number of nitrogens with zero attached hydrogens (tertiary/aromatic N) is 4. The van der Waals surface area contributed by atoms with Crippen LogP contribution < -0.4 is 20.9 Å². The van der Waals surface area contributed by atoms with E-state index in [0.29, 0.717) is 41.3 Å². The van der Waals surface area contributed by atoms with Crippen molar-refractivity contribution in [1.29, 1.82) is 0 Å². The summed E-state index contributed by atoms with van der Waals surface area (Å²) in [5.74, 6) is -0.138. The van der Waals surface area contributed by atoms with E-state index in [0.717, 1.165) is 16.7 Å². The van der Waals surface area contributed by atoms with Crippen LogP contribution in [0.4, 0.5) is 5.95 Å². The Bertz CT molecular complexity index is 1780. The molecule has 0 aliphatic carbocycles. The topological polar surface area (TPSA) is 137 Å². The molecule has 0 unspecified atom stereocenters. The van der Waals surface area contributed by atoms with Gasteiger partial charge in [0.15, 0.2) is 11.3 Å². The number of hydrogen-bond donors (Lipinski definition) is 2.